The van der Waals surface area contributed by atoms with Gasteiger partial charge in [0.05, 0.1) is 7.11 Å². The Kier molecular flexibility index (Phi) is 5.21. The minimum atomic E-state index is 0.194. The van der Waals surface area contributed by atoms with Gasteiger partial charge in [-0.25, -0.2) is 0 Å². The molecular weight excluding hydrogens is 242 g/mol. The first-order chi connectivity index (χ1) is 9.33. The van der Waals surface area contributed by atoms with E-state index < -0.39 is 0 Å². The molecule has 2 rings (SSSR count). The highest BCUT2D eigenvalue weighted by molar-refractivity contribution is 5.53. The van der Waals surface area contributed by atoms with E-state index in [0.29, 0.717) is 6.61 Å². The Morgan fingerprint density at radius 3 is 2.89 bits per heavy atom. The number of ether oxygens (including phenoxy) is 2. The van der Waals surface area contributed by atoms with E-state index >= 15 is 0 Å². The van der Waals surface area contributed by atoms with Gasteiger partial charge in [-0.2, -0.15) is 0 Å². The summed E-state index contributed by atoms with van der Waals surface area (Å²) in [5.41, 5.74) is 0. The van der Waals surface area contributed by atoms with Crippen molar-refractivity contribution in [1.29, 1.82) is 0 Å². The fourth-order valence-corrected chi connectivity index (χ4v) is 2.43. The van der Waals surface area contributed by atoms with Crippen molar-refractivity contribution in [3.8, 4) is 11.5 Å². The number of rotatable bonds is 6. The summed E-state index contributed by atoms with van der Waals surface area (Å²) in [6, 6.07) is 7.65. The molecule has 1 aliphatic heterocycles. The molecule has 1 aromatic carbocycles. The lowest BCUT2D eigenvalue weighted by Gasteiger charge is -2.29. The Balaban J connectivity index is 1.78. The molecular formula is C15H21NO3. The standard InChI is InChI=1S/C15H21NO3/c1-18-14-6-2-3-7-15(14)19-10-9-16-8-4-5-13(11-16)12-17/h2-3,6-7,12-13H,4-5,8-11H2,1H3. The Bertz CT molecular complexity index is 408. The van der Waals surface area contributed by atoms with E-state index in [1.165, 1.54) is 0 Å². The minimum Gasteiger partial charge on any atom is -0.493 e. The molecule has 1 saturated heterocycles. The molecule has 1 aromatic rings. The number of hydrogen-bond acceptors (Lipinski definition) is 4. The first-order valence-electron chi connectivity index (χ1n) is 6.77. The molecule has 1 fully saturated rings. The molecule has 0 aromatic heterocycles. The highest BCUT2D eigenvalue weighted by Crippen LogP contribution is 2.25. The number of hydrogen-bond donors (Lipinski definition) is 0. The summed E-state index contributed by atoms with van der Waals surface area (Å²) < 4.78 is 11.0. The van der Waals surface area contributed by atoms with E-state index in [1.54, 1.807) is 7.11 Å². The van der Waals surface area contributed by atoms with Crippen LogP contribution in [-0.2, 0) is 4.79 Å². The number of nitrogens with zero attached hydrogens (tertiary/aromatic N) is 1. The van der Waals surface area contributed by atoms with Gasteiger partial charge in [-0.05, 0) is 31.5 Å². The predicted octanol–water partition coefficient (Wildman–Crippen LogP) is 1.98. The molecule has 0 radical (unpaired) electrons. The van der Waals surface area contributed by atoms with Crippen molar-refractivity contribution in [2.45, 2.75) is 12.8 Å². The van der Waals surface area contributed by atoms with Crippen LogP contribution in [0.3, 0.4) is 0 Å². The van der Waals surface area contributed by atoms with E-state index in [1.807, 2.05) is 24.3 Å². The Morgan fingerprint density at radius 1 is 1.37 bits per heavy atom. The van der Waals surface area contributed by atoms with Crippen molar-refractivity contribution in [1.82, 2.24) is 4.90 Å². The molecule has 1 unspecified atom stereocenters. The second-order valence-electron chi connectivity index (χ2n) is 4.84. The van der Waals surface area contributed by atoms with Gasteiger partial charge >= 0.3 is 0 Å². The summed E-state index contributed by atoms with van der Waals surface area (Å²) in [6.07, 6.45) is 3.19. The SMILES string of the molecule is COc1ccccc1OCCN1CCCC(C=O)C1. The van der Waals surface area contributed by atoms with Gasteiger partial charge in [0.2, 0.25) is 0 Å². The summed E-state index contributed by atoms with van der Waals surface area (Å²) in [5.74, 6) is 1.72. The fourth-order valence-electron chi connectivity index (χ4n) is 2.43. The summed E-state index contributed by atoms with van der Waals surface area (Å²) in [7, 11) is 1.64. The van der Waals surface area contributed by atoms with E-state index in [4.69, 9.17) is 9.47 Å². The van der Waals surface area contributed by atoms with Crippen LogP contribution in [0.15, 0.2) is 24.3 Å². The van der Waals surface area contributed by atoms with Crippen LogP contribution in [0, 0.1) is 5.92 Å². The Morgan fingerprint density at radius 2 is 2.16 bits per heavy atom. The highest BCUT2D eigenvalue weighted by atomic mass is 16.5. The van der Waals surface area contributed by atoms with Crippen molar-refractivity contribution < 1.29 is 14.3 Å². The first-order valence-corrected chi connectivity index (χ1v) is 6.77. The number of piperidine rings is 1. The van der Waals surface area contributed by atoms with Crippen LogP contribution in [0.1, 0.15) is 12.8 Å². The summed E-state index contributed by atoms with van der Waals surface area (Å²) in [4.78, 5) is 13.1. The number of methoxy groups -OCH3 is 1. The molecule has 0 bridgehead atoms. The van der Waals surface area contributed by atoms with Crippen LogP contribution >= 0.6 is 0 Å². The van der Waals surface area contributed by atoms with Gasteiger partial charge in [-0.1, -0.05) is 12.1 Å². The number of likely N-dealkylation sites (tertiary alicyclic amines) is 1. The van der Waals surface area contributed by atoms with Gasteiger partial charge in [-0.3, -0.25) is 4.90 Å². The molecule has 19 heavy (non-hydrogen) atoms. The van der Waals surface area contributed by atoms with Crippen LogP contribution in [-0.4, -0.2) is 44.5 Å². The molecule has 1 atom stereocenters. The summed E-state index contributed by atoms with van der Waals surface area (Å²) in [5, 5.41) is 0. The zero-order chi connectivity index (χ0) is 13.5. The third-order valence-corrected chi connectivity index (χ3v) is 3.47. The molecule has 4 nitrogen and oxygen atoms in total. The van der Waals surface area contributed by atoms with Crippen LogP contribution in [0.25, 0.3) is 0 Å². The lowest BCUT2D eigenvalue weighted by atomic mass is 10.00. The summed E-state index contributed by atoms with van der Waals surface area (Å²) >= 11 is 0. The highest BCUT2D eigenvalue weighted by Gasteiger charge is 2.18. The lowest BCUT2D eigenvalue weighted by molar-refractivity contribution is -0.112. The molecule has 0 amide bonds. The maximum atomic E-state index is 10.8. The van der Waals surface area contributed by atoms with E-state index in [0.717, 1.165) is 50.3 Å². The molecule has 0 spiro atoms. The Hall–Kier alpha value is -1.55. The van der Waals surface area contributed by atoms with Gasteiger partial charge in [0.25, 0.3) is 0 Å². The Labute approximate surface area is 114 Å². The lowest BCUT2D eigenvalue weighted by Crippen LogP contribution is -2.38. The fraction of sp³-hybridized carbons (Fsp3) is 0.533. The number of para-hydroxylation sites is 2. The van der Waals surface area contributed by atoms with Gasteiger partial charge < -0.3 is 14.3 Å². The first kappa shape index (κ1) is 13.9. The van der Waals surface area contributed by atoms with Gasteiger partial charge in [0.1, 0.15) is 12.9 Å². The number of carbonyl (C=O) groups is 1. The third kappa shape index (κ3) is 3.96. The third-order valence-electron chi connectivity index (χ3n) is 3.47. The van der Waals surface area contributed by atoms with Crippen LogP contribution in [0.4, 0.5) is 0 Å². The molecule has 1 heterocycles. The van der Waals surface area contributed by atoms with Crippen LogP contribution in [0.5, 0.6) is 11.5 Å². The predicted molar refractivity (Wildman–Crippen MR) is 73.7 cm³/mol. The average molecular weight is 263 g/mol. The smallest absolute Gasteiger partial charge is 0.161 e. The normalized spacial score (nSPS) is 19.9. The monoisotopic (exact) mass is 263 g/mol. The maximum absolute atomic E-state index is 10.8. The topological polar surface area (TPSA) is 38.8 Å². The quantitative estimate of drug-likeness (QED) is 0.736. The summed E-state index contributed by atoms with van der Waals surface area (Å²) in [6.45, 7) is 3.38. The van der Waals surface area contributed by atoms with E-state index in [-0.39, 0.29) is 5.92 Å². The molecule has 104 valence electrons. The molecule has 1 aliphatic rings. The second kappa shape index (κ2) is 7.14. The molecule has 4 heteroatoms. The maximum Gasteiger partial charge on any atom is 0.161 e. The van der Waals surface area contributed by atoms with E-state index in [2.05, 4.69) is 4.90 Å². The van der Waals surface area contributed by atoms with Gasteiger partial charge in [-0.15, -0.1) is 0 Å². The number of carbonyl (C=O) groups excluding carboxylic acids is 1. The van der Waals surface area contributed by atoms with Crippen LogP contribution in [0.2, 0.25) is 0 Å². The average Bonchev–Trinajstić information content (AvgIpc) is 2.48. The zero-order valence-corrected chi connectivity index (χ0v) is 11.4. The van der Waals surface area contributed by atoms with Crippen molar-refractivity contribution in [2.75, 3.05) is 33.4 Å². The van der Waals surface area contributed by atoms with E-state index in [9.17, 15) is 4.79 Å². The van der Waals surface area contributed by atoms with Crippen molar-refractivity contribution in [3.63, 3.8) is 0 Å². The molecule has 0 saturated carbocycles. The molecule has 0 aliphatic carbocycles. The minimum absolute atomic E-state index is 0.194. The zero-order valence-electron chi connectivity index (χ0n) is 11.4. The van der Waals surface area contributed by atoms with Crippen molar-refractivity contribution >= 4 is 6.29 Å². The van der Waals surface area contributed by atoms with Crippen LogP contribution < -0.4 is 9.47 Å². The van der Waals surface area contributed by atoms with Crippen molar-refractivity contribution in [2.24, 2.45) is 5.92 Å². The second-order valence-corrected chi connectivity index (χ2v) is 4.84. The molecule has 0 N–H and O–H groups in total. The van der Waals surface area contributed by atoms with Gasteiger partial charge in [0, 0.05) is 19.0 Å². The van der Waals surface area contributed by atoms with Gasteiger partial charge in [0.15, 0.2) is 11.5 Å². The van der Waals surface area contributed by atoms with Crippen molar-refractivity contribution in [3.05, 3.63) is 24.3 Å². The number of aldehydes is 1. The number of benzene rings is 1. The largest absolute Gasteiger partial charge is 0.493 e.